The fraction of sp³-hybridized carbons (Fsp3) is 0.548. The van der Waals surface area contributed by atoms with E-state index in [1.54, 1.807) is 42.5 Å². The van der Waals surface area contributed by atoms with Gasteiger partial charge in [0.2, 0.25) is 0 Å². The number of ketones is 1. The number of rotatable bonds is 19. The molecule has 0 spiro atoms. The number of unbranched alkanes of at least 4 members (excludes halogenated alkanes) is 12. The van der Waals surface area contributed by atoms with Crippen molar-refractivity contribution in [2.75, 3.05) is 7.11 Å². The van der Waals surface area contributed by atoms with Crippen LogP contribution in [0, 0.1) is 0 Å². The van der Waals surface area contributed by atoms with Gasteiger partial charge in [0, 0.05) is 6.42 Å². The van der Waals surface area contributed by atoms with Crippen LogP contribution in [0.3, 0.4) is 0 Å². The van der Waals surface area contributed by atoms with E-state index in [1.165, 1.54) is 71.3 Å². The fourth-order valence-electron chi connectivity index (χ4n) is 4.36. The average molecular weight is 497 g/mol. The van der Waals surface area contributed by atoms with Gasteiger partial charge in [0.25, 0.3) is 0 Å². The molecule has 0 fully saturated rings. The number of esters is 1. The van der Waals surface area contributed by atoms with E-state index >= 15 is 0 Å². The van der Waals surface area contributed by atoms with Crippen molar-refractivity contribution in [3.63, 3.8) is 0 Å². The van der Waals surface area contributed by atoms with Crippen LogP contribution in [0.2, 0.25) is 0 Å². The molecule has 5 heteroatoms. The zero-order valence-corrected chi connectivity index (χ0v) is 22.2. The number of ether oxygens (including phenoxy) is 2. The van der Waals surface area contributed by atoms with Crippen LogP contribution in [0.15, 0.2) is 48.5 Å². The molecule has 0 bridgehead atoms. The Balaban J connectivity index is 1.73. The maximum absolute atomic E-state index is 13.0. The third-order valence-corrected chi connectivity index (χ3v) is 6.53. The molecule has 198 valence electrons. The second kappa shape index (κ2) is 17.7. The Bertz CT molecular complexity index is 893. The van der Waals surface area contributed by atoms with Crippen LogP contribution in [0.5, 0.6) is 11.5 Å². The number of benzene rings is 2. The monoisotopic (exact) mass is 496 g/mol. The Hall–Kier alpha value is -2.66. The van der Waals surface area contributed by atoms with Crippen molar-refractivity contribution in [1.29, 1.82) is 0 Å². The molecule has 0 amide bonds. The standard InChI is InChI=1S/C31H44O5/c1-3-4-5-6-7-8-9-10-11-12-13-14-18-24-28(32)36-31-26(22-19-23-27(31)35-2)30(34)29(33)25-20-16-15-17-21-25/h15-17,19-23,29,33H,3-14,18,24H2,1-2H3. The Morgan fingerprint density at radius 1 is 0.750 bits per heavy atom. The van der Waals surface area contributed by atoms with Crippen LogP contribution in [-0.2, 0) is 4.79 Å². The second-order valence-electron chi connectivity index (χ2n) is 9.48. The topological polar surface area (TPSA) is 72.8 Å². The Morgan fingerprint density at radius 3 is 1.86 bits per heavy atom. The molecule has 1 atom stereocenters. The maximum atomic E-state index is 13.0. The van der Waals surface area contributed by atoms with Crippen LogP contribution in [0.4, 0.5) is 0 Å². The van der Waals surface area contributed by atoms with E-state index in [4.69, 9.17) is 9.47 Å². The molecule has 0 aliphatic heterocycles. The Kier molecular flexibility index (Phi) is 14.6. The molecule has 2 aromatic carbocycles. The van der Waals surface area contributed by atoms with Crippen LogP contribution in [0.25, 0.3) is 0 Å². The molecule has 0 heterocycles. The number of aliphatic hydroxyl groups excluding tert-OH is 1. The first-order valence-electron chi connectivity index (χ1n) is 13.7. The van der Waals surface area contributed by atoms with Gasteiger partial charge in [-0.2, -0.15) is 0 Å². The summed E-state index contributed by atoms with van der Waals surface area (Å²) in [6.07, 6.45) is 15.0. The zero-order chi connectivity index (χ0) is 26.0. The van der Waals surface area contributed by atoms with Gasteiger partial charge >= 0.3 is 5.97 Å². The summed E-state index contributed by atoms with van der Waals surface area (Å²) in [4.78, 5) is 25.5. The summed E-state index contributed by atoms with van der Waals surface area (Å²) in [6, 6.07) is 13.5. The Morgan fingerprint density at radius 2 is 1.31 bits per heavy atom. The van der Waals surface area contributed by atoms with Gasteiger partial charge in [0.1, 0.15) is 6.10 Å². The molecule has 1 unspecified atom stereocenters. The van der Waals surface area contributed by atoms with Crippen molar-refractivity contribution in [1.82, 2.24) is 0 Å². The molecule has 36 heavy (non-hydrogen) atoms. The molecule has 0 saturated heterocycles. The van der Waals surface area contributed by atoms with E-state index in [9.17, 15) is 14.7 Å². The van der Waals surface area contributed by atoms with Crippen molar-refractivity contribution < 1.29 is 24.2 Å². The SMILES string of the molecule is CCCCCCCCCCCCCCCC(=O)Oc1c(OC)cccc1C(=O)C(O)c1ccccc1. The quantitative estimate of drug-likeness (QED) is 0.0923. The van der Waals surface area contributed by atoms with E-state index in [2.05, 4.69) is 6.92 Å². The summed E-state index contributed by atoms with van der Waals surface area (Å²) >= 11 is 0. The number of carbonyl (C=O) groups excluding carboxylic acids is 2. The highest BCUT2D eigenvalue weighted by Crippen LogP contribution is 2.34. The van der Waals surface area contributed by atoms with Crippen molar-refractivity contribution in [3.8, 4) is 11.5 Å². The molecule has 0 aliphatic rings. The lowest BCUT2D eigenvalue weighted by Gasteiger charge is -2.16. The van der Waals surface area contributed by atoms with E-state index in [0.717, 1.165) is 19.3 Å². The van der Waals surface area contributed by atoms with Crippen molar-refractivity contribution in [2.24, 2.45) is 0 Å². The van der Waals surface area contributed by atoms with Gasteiger partial charge in [-0.15, -0.1) is 0 Å². The molecule has 1 N–H and O–H groups in total. The van der Waals surface area contributed by atoms with Gasteiger partial charge in [0.05, 0.1) is 12.7 Å². The lowest BCUT2D eigenvalue weighted by Crippen LogP contribution is -2.16. The molecule has 2 rings (SSSR count). The normalized spacial score (nSPS) is 11.8. The van der Waals surface area contributed by atoms with Gasteiger partial charge in [-0.05, 0) is 24.1 Å². The van der Waals surface area contributed by atoms with Crippen LogP contribution in [0.1, 0.15) is 119 Å². The first kappa shape index (κ1) is 29.6. The summed E-state index contributed by atoms with van der Waals surface area (Å²) in [5.74, 6) is -0.575. The summed E-state index contributed by atoms with van der Waals surface area (Å²) in [5, 5.41) is 10.6. The lowest BCUT2D eigenvalue weighted by molar-refractivity contribution is -0.134. The van der Waals surface area contributed by atoms with Gasteiger partial charge in [0.15, 0.2) is 17.3 Å². The van der Waals surface area contributed by atoms with E-state index in [1.807, 2.05) is 6.07 Å². The predicted octanol–water partition coefficient (Wildman–Crippen LogP) is 8.00. The van der Waals surface area contributed by atoms with Crippen molar-refractivity contribution in [3.05, 3.63) is 59.7 Å². The largest absolute Gasteiger partial charge is 0.493 e. The average Bonchev–Trinajstić information content (AvgIpc) is 2.91. The first-order valence-corrected chi connectivity index (χ1v) is 13.7. The highest BCUT2D eigenvalue weighted by molar-refractivity contribution is 6.03. The lowest BCUT2D eigenvalue weighted by atomic mass is 9.99. The predicted molar refractivity (Wildman–Crippen MR) is 145 cm³/mol. The number of methoxy groups -OCH3 is 1. The van der Waals surface area contributed by atoms with Crippen molar-refractivity contribution >= 4 is 11.8 Å². The number of aliphatic hydroxyl groups is 1. The minimum Gasteiger partial charge on any atom is -0.493 e. The van der Waals surface area contributed by atoms with E-state index in [-0.39, 0.29) is 17.7 Å². The van der Waals surface area contributed by atoms with Gasteiger partial charge in [-0.1, -0.05) is 120 Å². The highest BCUT2D eigenvalue weighted by atomic mass is 16.6. The van der Waals surface area contributed by atoms with E-state index in [0.29, 0.717) is 11.3 Å². The summed E-state index contributed by atoms with van der Waals surface area (Å²) in [6.45, 7) is 2.25. The molecule has 5 nitrogen and oxygen atoms in total. The fourth-order valence-corrected chi connectivity index (χ4v) is 4.36. The van der Waals surface area contributed by atoms with E-state index < -0.39 is 17.9 Å². The Labute approximate surface area is 217 Å². The number of Topliss-reactive ketones (excluding diaryl/α,β-unsaturated/α-hetero) is 1. The van der Waals surface area contributed by atoms with Gasteiger partial charge in [-0.25, -0.2) is 0 Å². The molecule has 0 aromatic heterocycles. The number of para-hydroxylation sites is 1. The third-order valence-electron chi connectivity index (χ3n) is 6.53. The first-order chi connectivity index (χ1) is 17.6. The molecular formula is C31H44O5. The van der Waals surface area contributed by atoms with Crippen LogP contribution in [-0.4, -0.2) is 24.0 Å². The van der Waals surface area contributed by atoms with Crippen LogP contribution >= 0.6 is 0 Å². The molecular weight excluding hydrogens is 452 g/mol. The summed E-state index contributed by atoms with van der Waals surface area (Å²) < 4.78 is 10.9. The summed E-state index contributed by atoms with van der Waals surface area (Å²) in [7, 11) is 1.46. The molecule has 0 saturated carbocycles. The van der Waals surface area contributed by atoms with Gasteiger partial charge in [-0.3, -0.25) is 9.59 Å². The number of hydrogen-bond acceptors (Lipinski definition) is 5. The highest BCUT2D eigenvalue weighted by Gasteiger charge is 2.25. The minimum absolute atomic E-state index is 0.0691. The molecule has 0 aliphatic carbocycles. The van der Waals surface area contributed by atoms with Crippen molar-refractivity contribution in [2.45, 2.75) is 103 Å². The maximum Gasteiger partial charge on any atom is 0.311 e. The van der Waals surface area contributed by atoms with Crippen LogP contribution < -0.4 is 9.47 Å². The third kappa shape index (κ3) is 10.5. The smallest absolute Gasteiger partial charge is 0.311 e. The summed E-state index contributed by atoms with van der Waals surface area (Å²) in [5.41, 5.74) is 0.610. The number of carbonyl (C=O) groups is 2. The molecule has 2 aromatic rings. The second-order valence-corrected chi connectivity index (χ2v) is 9.48. The number of hydrogen-bond donors (Lipinski definition) is 1. The van der Waals surface area contributed by atoms with Gasteiger partial charge < -0.3 is 14.6 Å². The molecule has 0 radical (unpaired) electrons. The minimum atomic E-state index is -1.35. The zero-order valence-electron chi connectivity index (χ0n) is 22.2.